The first-order valence-corrected chi connectivity index (χ1v) is 6.66. The monoisotopic (exact) mass is 232 g/mol. The first kappa shape index (κ1) is 11.1. The van der Waals surface area contributed by atoms with Crippen LogP contribution in [-0.4, -0.2) is 12.1 Å². The van der Waals surface area contributed by atoms with Gasteiger partial charge in [0.1, 0.15) is 6.10 Å². The highest BCUT2D eigenvalue weighted by molar-refractivity contribution is 5.89. The van der Waals surface area contributed by atoms with Crippen LogP contribution >= 0.6 is 0 Å². The summed E-state index contributed by atoms with van der Waals surface area (Å²) in [5, 5.41) is 0. The zero-order chi connectivity index (χ0) is 12.2. The summed E-state index contributed by atoms with van der Waals surface area (Å²) >= 11 is 0. The molecular weight excluding hydrogens is 212 g/mol. The highest BCUT2D eigenvalue weighted by Gasteiger charge is 2.50. The molecule has 0 bridgehead atoms. The van der Waals surface area contributed by atoms with Crippen LogP contribution in [0.3, 0.4) is 0 Å². The molecule has 2 fully saturated rings. The van der Waals surface area contributed by atoms with Crippen molar-refractivity contribution < 1.29 is 9.53 Å². The van der Waals surface area contributed by atoms with Gasteiger partial charge in [-0.05, 0) is 49.5 Å². The lowest BCUT2D eigenvalue weighted by Gasteiger charge is -2.50. The second-order valence-electron chi connectivity index (χ2n) is 5.94. The van der Waals surface area contributed by atoms with E-state index >= 15 is 0 Å². The molecule has 1 saturated carbocycles. The number of carbonyl (C=O) groups excluding carboxylic acids is 1. The molecule has 5 unspecified atom stereocenters. The molecule has 2 heteroatoms. The van der Waals surface area contributed by atoms with Crippen LogP contribution < -0.4 is 0 Å². The van der Waals surface area contributed by atoms with Gasteiger partial charge in [0.05, 0.1) is 0 Å². The second kappa shape index (κ2) is 3.72. The molecule has 2 nitrogen and oxygen atoms in total. The molecule has 0 N–H and O–H groups in total. The first-order chi connectivity index (χ1) is 8.09. The first-order valence-electron chi connectivity index (χ1n) is 6.66. The maximum Gasteiger partial charge on any atom is 0.334 e. The summed E-state index contributed by atoms with van der Waals surface area (Å²) in [5.74, 6) is 2.11. The largest absolute Gasteiger partial charge is 0.454 e. The van der Waals surface area contributed by atoms with Crippen LogP contribution in [-0.2, 0) is 9.53 Å². The second-order valence-corrected chi connectivity index (χ2v) is 5.94. The maximum absolute atomic E-state index is 11.8. The van der Waals surface area contributed by atoms with E-state index < -0.39 is 0 Å². The molecule has 3 aliphatic rings. The Hall–Kier alpha value is -1.05. The Morgan fingerprint density at radius 1 is 1.41 bits per heavy atom. The lowest BCUT2D eigenvalue weighted by atomic mass is 9.58. The predicted octanol–water partition coefficient (Wildman–Crippen LogP) is 3.10. The van der Waals surface area contributed by atoms with Crippen molar-refractivity contribution in [3.05, 3.63) is 23.8 Å². The summed E-state index contributed by atoms with van der Waals surface area (Å²) in [5.41, 5.74) is 1.96. The molecule has 1 aliphatic heterocycles. The molecule has 1 saturated heterocycles. The van der Waals surface area contributed by atoms with Crippen molar-refractivity contribution in [3.63, 3.8) is 0 Å². The Labute approximate surface area is 103 Å². The fourth-order valence-electron chi connectivity index (χ4n) is 4.01. The summed E-state index contributed by atoms with van der Waals surface area (Å²) in [6.45, 7) is 8.40. The Morgan fingerprint density at radius 2 is 2.18 bits per heavy atom. The van der Waals surface area contributed by atoms with Gasteiger partial charge in [-0.3, -0.25) is 0 Å². The highest BCUT2D eigenvalue weighted by atomic mass is 16.5. The van der Waals surface area contributed by atoms with Gasteiger partial charge in [0.2, 0.25) is 0 Å². The zero-order valence-corrected chi connectivity index (χ0v) is 10.6. The summed E-state index contributed by atoms with van der Waals surface area (Å²) in [4.78, 5) is 11.8. The van der Waals surface area contributed by atoms with Crippen molar-refractivity contribution in [1.29, 1.82) is 0 Å². The van der Waals surface area contributed by atoms with Gasteiger partial charge in [0.25, 0.3) is 0 Å². The molecule has 2 aliphatic carbocycles. The molecule has 0 aromatic rings. The molecule has 0 amide bonds. The molecule has 0 radical (unpaired) electrons. The Kier molecular flexibility index (Phi) is 2.42. The minimum Gasteiger partial charge on any atom is -0.454 e. The fraction of sp³-hybridized carbons (Fsp3) is 0.667. The van der Waals surface area contributed by atoms with Gasteiger partial charge in [-0.2, -0.15) is 0 Å². The number of hydrogen-bond acceptors (Lipinski definition) is 2. The normalized spacial score (nSPS) is 44.8. The third kappa shape index (κ3) is 1.50. The Balaban J connectivity index is 2.02. The molecule has 0 spiro atoms. The summed E-state index contributed by atoms with van der Waals surface area (Å²) in [7, 11) is 0. The van der Waals surface area contributed by atoms with E-state index in [4.69, 9.17) is 4.74 Å². The lowest BCUT2D eigenvalue weighted by molar-refractivity contribution is -0.157. The number of esters is 1. The standard InChI is InChI=1S/C15H20O2/c1-8-4-7-12-10(3)15(16)17-14-9(2)5-6-11(8)13(12)14/h5,8,11-14H,3-4,6-7H2,1-2H3. The van der Waals surface area contributed by atoms with Crippen LogP contribution in [0.1, 0.15) is 33.1 Å². The van der Waals surface area contributed by atoms with Gasteiger partial charge in [0.15, 0.2) is 0 Å². The minimum atomic E-state index is -0.167. The average molecular weight is 232 g/mol. The predicted molar refractivity (Wildman–Crippen MR) is 66.3 cm³/mol. The molecular formula is C15H20O2. The highest BCUT2D eigenvalue weighted by Crippen LogP contribution is 2.51. The molecule has 1 heterocycles. The van der Waals surface area contributed by atoms with Crippen molar-refractivity contribution in [2.24, 2.45) is 23.7 Å². The van der Waals surface area contributed by atoms with E-state index in [0.717, 1.165) is 24.3 Å². The summed E-state index contributed by atoms with van der Waals surface area (Å²) in [6.07, 6.45) is 5.78. The van der Waals surface area contributed by atoms with E-state index in [-0.39, 0.29) is 12.1 Å². The number of ether oxygens (including phenoxy) is 1. The van der Waals surface area contributed by atoms with E-state index in [0.29, 0.717) is 17.8 Å². The molecule has 0 aromatic carbocycles. The van der Waals surface area contributed by atoms with E-state index in [1.54, 1.807) is 0 Å². The number of rotatable bonds is 0. The van der Waals surface area contributed by atoms with Crippen molar-refractivity contribution in [1.82, 2.24) is 0 Å². The van der Waals surface area contributed by atoms with Gasteiger partial charge in [-0.15, -0.1) is 0 Å². The fourth-order valence-corrected chi connectivity index (χ4v) is 4.01. The van der Waals surface area contributed by atoms with Crippen LogP contribution in [0.4, 0.5) is 0 Å². The SMILES string of the molecule is C=C1C(=O)OC2C(C)=CCC3C(C)CCC1C23. The van der Waals surface area contributed by atoms with Crippen molar-refractivity contribution in [2.75, 3.05) is 0 Å². The third-order valence-electron chi connectivity index (χ3n) is 5.08. The van der Waals surface area contributed by atoms with Gasteiger partial charge in [-0.25, -0.2) is 4.79 Å². The number of hydrogen-bond donors (Lipinski definition) is 0. The van der Waals surface area contributed by atoms with Crippen LogP contribution in [0.2, 0.25) is 0 Å². The van der Waals surface area contributed by atoms with Gasteiger partial charge >= 0.3 is 5.97 Å². The summed E-state index contributed by atoms with van der Waals surface area (Å²) in [6, 6.07) is 0. The van der Waals surface area contributed by atoms with E-state index in [9.17, 15) is 4.79 Å². The van der Waals surface area contributed by atoms with E-state index in [2.05, 4.69) is 26.5 Å². The van der Waals surface area contributed by atoms with Crippen molar-refractivity contribution in [2.45, 2.75) is 39.2 Å². The van der Waals surface area contributed by atoms with Gasteiger partial charge in [0, 0.05) is 11.5 Å². The molecule has 3 rings (SSSR count). The minimum absolute atomic E-state index is 0.0273. The van der Waals surface area contributed by atoms with Gasteiger partial charge in [-0.1, -0.05) is 19.6 Å². The van der Waals surface area contributed by atoms with Crippen LogP contribution in [0, 0.1) is 23.7 Å². The average Bonchev–Trinajstić information content (AvgIpc) is 2.31. The van der Waals surface area contributed by atoms with Crippen molar-refractivity contribution >= 4 is 5.97 Å². The molecule has 0 aromatic heterocycles. The third-order valence-corrected chi connectivity index (χ3v) is 5.08. The number of carbonyl (C=O) groups is 1. The van der Waals surface area contributed by atoms with Crippen LogP contribution in [0.25, 0.3) is 0 Å². The number of allylic oxidation sites excluding steroid dienone is 1. The molecule has 5 atom stereocenters. The molecule has 17 heavy (non-hydrogen) atoms. The van der Waals surface area contributed by atoms with E-state index in [1.807, 2.05) is 0 Å². The smallest absolute Gasteiger partial charge is 0.334 e. The Bertz CT molecular complexity index is 407. The zero-order valence-electron chi connectivity index (χ0n) is 10.6. The lowest BCUT2D eigenvalue weighted by Crippen LogP contribution is -2.50. The maximum atomic E-state index is 11.8. The van der Waals surface area contributed by atoms with Crippen LogP contribution in [0.5, 0.6) is 0 Å². The summed E-state index contributed by atoms with van der Waals surface area (Å²) < 4.78 is 5.59. The molecule has 92 valence electrons. The quantitative estimate of drug-likeness (QED) is 0.364. The van der Waals surface area contributed by atoms with Crippen molar-refractivity contribution in [3.8, 4) is 0 Å². The Morgan fingerprint density at radius 3 is 2.94 bits per heavy atom. The topological polar surface area (TPSA) is 26.3 Å². The van der Waals surface area contributed by atoms with Crippen LogP contribution in [0.15, 0.2) is 23.8 Å². The van der Waals surface area contributed by atoms with Gasteiger partial charge < -0.3 is 4.74 Å². The van der Waals surface area contributed by atoms with E-state index in [1.165, 1.54) is 12.0 Å².